The number of aliphatic hydroxyl groups is 1. The van der Waals surface area contributed by atoms with E-state index >= 15 is 0 Å². The summed E-state index contributed by atoms with van der Waals surface area (Å²) in [5.41, 5.74) is 0.793. The third-order valence-electron chi connectivity index (χ3n) is 3.28. The zero-order valence-electron chi connectivity index (χ0n) is 10.5. The number of hydrogen-bond acceptors (Lipinski definition) is 5. The van der Waals surface area contributed by atoms with Crippen LogP contribution >= 0.6 is 0 Å². The maximum atomic E-state index is 12.2. The van der Waals surface area contributed by atoms with E-state index in [9.17, 15) is 18.5 Å². The summed E-state index contributed by atoms with van der Waals surface area (Å²) in [6, 6.07) is 2.49. The average Bonchev–Trinajstić information content (AvgIpc) is 2.27. The molecule has 1 N–H and O–H groups in total. The van der Waals surface area contributed by atoms with E-state index in [1.807, 2.05) is 0 Å². The first-order valence-electron chi connectivity index (χ1n) is 5.67. The molecule has 7 nitrogen and oxygen atoms in total. The van der Waals surface area contributed by atoms with Gasteiger partial charge in [0.2, 0.25) is 10.0 Å². The van der Waals surface area contributed by atoms with Gasteiger partial charge in [-0.3, -0.25) is 10.1 Å². The lowest BCUT2D eigenvalue weighted by Crippen LogP contribution is -2.53. The molecule has 1 heterocycles. The molecule has 1 aromatic rings. The fourth-order valence-corrected chi connectivity index (χ4v) is 3.53. The predicted octanol–water partition coefficient (Wildman–Crippen LogP) is 0.577. The molecular weight excluding hydrogens is 272 g/mol. The van der Waals surface area contributed by atoms with E-state index in [-0.39, 0.29) is 23.7 Å². The van der Waals surface area contributed by atoms with Gasteiger partial charge in [0.05, 0.1) is 15.9 Å². The van der Waals surface area contributed by atoms with Gasteiger partial charge >= 0.3 is 0 Å². The van der Waals surface area contributed by atoms with Gasteiger partial charge in [-0.25, -0.2) is 8.42 Å². The second kappa shape index (κ2) is 4.55. The lowest BCUT2D eigenvalue weighted by atomic mass is 10.1. The predicted molar refractivity (Wildman–Crippen MR) is 67.3 cm³/mol. The Kier molecular flexibility index (Phi) is 3.33. The van der Waals surface area contributed by atoms with E-state index in [0.29, 0.717) is 11.1 Å². The Bertz CT molecular complexity index is 635. The summed E-state index contributed by atoms with van der Waals surface area (Å²) in [7, 11) is -3.76. The van der Waals surface area contributed by atoms with Crippen LogP contribution in [0.3, 0.4) is 0 Å². The number of nitro groups is 1. The van der Waals surface area contributed by atoms with E-state index in [1.54, 1.807) is 13.8 Å². The van der Waals surface area contributed by atoms with Crippen molar-refractivity contribution in [3.05, 3.63) is 33.4 Å². The Balaban J connectivity index is 2.49. The maximum absolute atomic E-state index is 12.2. The number of rotatable bonds is 3. The van der Waals surface area contributed by atoms with Gasteiger partial charge in [-0.2, -0.15) is 4.31 Å². The van der Waals surface area contributed by atoms with E-state index < -0.39 is 21.1 Å². The van der Waals surface area contributed by atoms with Gasteiger partial charge < -0.3 is 5.11 Å². The molecule has 1 fully saturated rings. The number of aliphatic hydroxyl groups excluding tert-OH is 1. The molecule has 0 aliphatic carbocycles. The molecule has 2 rings (SSSR count). The van der Waals surface area contributed by atoms with Gasteiger partial charge in [0, 0.05) is 24.7 Å². The van der Waals surface area contributed by atoms with Crippen molar-refractivity contribution in [1.82, 2.24) is 4.31 Å². The fraction of sp³-hybridized carbons (Fsp3) is 0.455. The van der Waals surface area contributed by atoms with Crippen molar-refractivity contribution >= 4 is 15.7 Å². The number of benzene rings is 1. The number of aryl methyl sites for hydroxylation is 1. The molecule has 104 valence electrons. The SMILES string of the molecule is Cc1cc(S(=O)(=O)N2CC(O)C2)cc([N+](=O)[O-])c1C. The third kappa shape index (κ3) is 2.34. The highest BCUT2D eigenvalue weighted by Gasteiger charge is 2.36. The average molecular weight is 286 g/mol. The molecule has 1 saturated heterocycles. The molecule has 0 saturated carbocycles. The highest BCUT2D eigenvalue weighted by Crippen LogP contribution is 2.29. The van der Waals surface area contributed by atoms with Crippen molar-refractivity contribution < 1.29 is 18.4 Å². The lowest BCUT2D eigenvalue weighted by molar-refractivity contribution is -0.385. The van der Waals surface area contributed by atoms with Crippen molar-refractivity contribution in [2.24, 2.45) is 0 Å². The summed E-state index contributed by atoms with van der Waals surface area (Å²) in [6.07, 6.45) is -0.656. The van der Waals surface area contributed by atoms with Gasteiger partial charge in [-0.15, -0.1) is 0 Å². The van der Waals surface area contributed by atoms with Gasteiger partial charge in [0.1, 0.15) is 0 Å². The Morgan fingerprint density at radius 3 is 2.42 bits per heavy atom. The van der Waals surface area contributed by atoms with Crippen LogP contribution < -0.4 is 0 Å². The monoisotopic (exact) mass is 286 g/mol. The third-order valence-corrected chi connectivity index (χ3v) is 5.09. The van der Waals surface area contributed by atoms with Crippen molar-refractivity contribution in [3.63, 3.8) is 0 Å². The normalized spacial score (nSPS) is 17.2. The Hall–Kier alpha value is -1.51. The van der Waals surface area contributed by atoms with Gasteiger partial charge in [-0.05, 0) is 25.5 Å². The number of nitrogens with zero attached hydrogens (tertiary/aromatic N) is 2. The van der Waals surface area contributed by atoms with E-state index in [1.165, 1.54) is 6.07 Å². The summed E-state index contributed by atoms with van der Waals surface area (Å²) in [5, 5.41) is 20.1. The molecular formula is C11H14N2O5S. The zero-order chi connectivity index (χ0) is 14.4. The molecule has 1 aromatic carbocycles. The van der Waals surface area contributed by atoms with E-state index in [2.05, 4.69) is 0 Å². The topological polar surface area (TPSA) is 101 Å². The first-order valence-corrected chi connectivity index (χ1v) is 7.11. The zero-order valence-corrected chi connectivity index (χ0v) is 11.3. The van der Waals surface area contributed by atoms with E-state index in [4.69, 9.17) is 5.11 Å². The van der Waals surface area contributed by atoms with Crippen LogP contribution in [0.5, 0.6) is 0 Å². The molecule has 1 aliphatic rings. The summed E-state index contributed by atoms with van der Waals surface area (Å²) in [4.78, 5) is 10.2. The van der Waals surface area contributed by atoms with Crippen LogP contribution in [0.4, 0.5) is 5.69 Å². The second-order valence-electron chi connectivity index (χ2n) is 4.62. The van der Waals surface area contributed by atoms with Crippen molar-refractivity contribution in [2.45, 2.75) is 24.8 Å². The largest absolute Gasteiger partial charge is 0.390 e. The smallest absolute Gasteiger partial charge is 0.273 e. The molecule has 1 aliphatic heterocycles. The number of β-amino-alcohol motifs (C(OH)–C–C–N with tert-alkyl or cyclic N) is 1. The van der Waals surface area contributed by atoms with Crippen LogP contribution in [-0.4, -0.2) is 41.9 Å². The minimum atomic E-state index is -3.76. The summed E-state index contributed by atoms with van der Waals surface area (Å²) in [5.74, 6) is 0. The second-order valence-corrected chi connectivity index (χ2v) is 6.56. The summed E-state index contributed by atoms with van der Waals surface area (Å²) >= 11 is 0. The first-order chi connectivity index (χ1) is 8.73. The number of nitro benzene ring substituents is 1. The molecule has 0 spiro atoms. The van der Waals surface area contributed by atoms with Gasteiger partial charge in [0.15, 0.2) is 0 Å². The fourth-order valence-electron chi connectivity index (χ4n) is 1.91. The van der Waals surface area contributed by atoms with Crippen LogP contribution in [0.1, 0.15) is 11.1 Å². The lowest BCUT2D eigenvalue weighted by Gasteiger charge is -2.34. The summed E-state index contributed by atoms with van der Waals surface area (Å²) < 4.78 is 25.5. The molecule has 0 amide bonds. The highest BCUT2D eigenvalue weighted by atomic mass is 32.2. The van der Waals surface area contributed by atoms with Crippen LogP contribution in [-0.2, 0) is 10.0 Å². The minimum absolute atomic E-state index is 0.0308. The van der Waals surface area contributed by atoms with Crippen LogP contribution in [0.15, 0.2) is 17.0 Å². The molecule has 19 heavy (non-hydrogen) atoms. The van der Waals surface area contributed by atoms with Crippen molar-refractivity contribution in [1.29, 1.82) is 0 Å². The molecule has 0 unspecified atom stereocenters. The molecule has 0 radical (unpaired) electrons. The molecule has 8 heteroatoms. The maximum Gasteiger partial charge on any atom is 0.273 e. The highest BCUT2D eigenvalue weighted by molar-refractivity contribution is 7.89. The molecule has 0 aromatic heterocycles. The first kappa shape index (κ1) is 13.9. The van der Waals surface area contributed by atoms with Crippen molar-refractivity contribution in [2.75, 3.05) is 13.1 Å². The van der Waals surface area contributed by atoms with Crippen LogP contribution in [0.2, 0.25) is 0 Å². The number of hydrogen-bond donors (Lipinski definition) is 1. The Morgan fingerprint density at radius 2 is 1.95 bits per heavy atom. The number of sulfonamides is 1. The van der Waals surface area contributed by atoms with Crippen molar-refractivity contribution in [3.8, 4) is 0 Å². The van der Waals surface area contributed by atoms with Crippen LogP contribution in [0, 0.1) is 24.0 Å². The molecule has 0 bridgehead atoms. The summed E-state index contributed by atoms with van der Waals surface area (Å²) in [6.45, 7) is 3.27. The minimum Gasteiger partial charge on any atom is -0.390 e. The standard InChI is InChI=1S/C11H14N2O5S/c1-7-3-10(4-11(8(7)2)13(15)16)19(17,18)12-5-9(14)6-12/h3-4,9,14H,5-6H2,1-2H3. The van der Waals surface area contributed by atoms with Crippen LogP contribution in [0.25, 0.3) is 0 Å². The van der Waals surface area contributed by atoms with Gasteiger partial charge in [-0.1, -0.05) is 0 Å². The van der Waals surface area contributed by atoms with Gasteiger partial charge in [0.25, 0.3) is 5.69 Å². The Labute approximate surface area is 110 Å². The quantitative estimate of drug-likeness (QED) is 0.647. The molecule has 0 atom stereocenters. The van der Waals surface area contributed by atoms with E-state index in [0.717, 1.165) is 10.4 Å². The Morgan fingerprint density at radius 1 is 1.37 bits per heavy atom.